The van der Waals surface area contributed by atoms with Crippen molar-refractivity contribution in [2.24, 2.45) is 5.73 Å². The second-order valence-corrected chi connectivity index (χ2v) is 13.2. The molecule has 0 bridgehead atoms. The van der Waals surface area contributed by atoms with Crippen molar-refractivity contribution in [3.63, 3.8) is 0 Å². The summed E-state index contributed by atoms with van der Waals surface area (Å²) in [6.45, 7) is 8.79. The molecule has 1 aliphatic rings. The van der Waals surface area contributed by atoms with E-state index in [1.807, 2.05) is 19.9 Å². The quantitative estimate of drug-likeness (QED) is 0.415. The fourth-order valence-electron chi connectivity index (χ4n) is 4.87. The van der Waals surface area contributed by atoms with Crippen molar-refractivity contribution in [2.45, 2.75) is 77.0 Å². The number of halogens is 1. The van der Waals surface area contributed by atoms with Crippen LogP contribution >= 0.6 is 0 Å². The lowest BCUT2D eigenvalue weighted by Crippen LogP contribution is -2.33. The number of carbonyl (C=O) groups excluding carboxylic acids is 1. The molecule has 2 aromatic carbocycles. The van der Waals surface area contributed by atoms with Crippen LogP contribution < -0.4 is 10.5 Å². The minimum Gasteiger partial charge on any atom is -0.366 e. The number of nitrogens with zero attached hydrogens (tertiary/aromatic N) is 1. The first-order valence-electron chi connectivity index (χ1n) is 12.1. The molecule has 0 spiro atoms. The molecule has 0 radical (unpaired) electrons. The fraction of sp³-hybridized carbons (Fsp3) is 0.444. The molecule has 8 heteroatoms. The predicted molar refractivity (Wildman–Crippen MR) is 140 cm³/mol. The lowest BCUT2D eigenvalue weighted by molar-refractivity contribution is 0.100. The van der Waals surface area contributed by atoms with E-state index in [0.717, 1.165) is 36.8 Å². The Hall–Kier alpha value is -2.87. The van der Waals surface area contributed by atoms with Crippen molar-refractivity contribution in [1.82, 2.24) is 4.57 Å². The van der Waals surface area contributed by atoms with E-state index in [1.54, 1.807) is 45.0 Å². The zero-order valence-corrected chi connectivity index (χ0v) is 21.8. The summed E-state index contributed by atoms with van der Waals surface area (Å²) >= 11 is 0. The van der Waals surface area contributed by atoms with Crippen LogP contribution in [0.3, 0.4) is 0 Å². The summed E-state index contributed by atoms with van der Waals surface area (Å²) < 4.78 is 44.0. The smallest absolute Gasteiger partial charge is 0.251 e. The minimum absolute atomic E-state index is 0.0121. The second-order valence-electron chi connectivity index (χ2n) is 10.7. The first kappa shape index (κ1) is 25.2. The highest BCUT2D eigenvalue weighted by Gasteiger charge is 2.31. The molecule has 1 fully saturated rings. The number of hydrogen-bond donors (Lipinski definition) is 2. The number of fused-ring (bicyclic) bond motifs is 1. The Morgan fingerprint density at radius 1 is 1.11 bits per heavy atom. The molecule has 1 aliphatic carbocycles. The number of aromatic nitrogens is 1. The van der Waals surface area contributed by atoms with Crippen LogP contribution in [0, 0.1) is 5.82 Å². The SMILES string of the molecule is CC(C)c1cc2c(cc1F)c(C(N)=O)c(-c1ccc(NS(=O)(=O)C(C)(C)C)cc1)n2C1CCCC1. The number of rotatable bonds is 6. The molecule has 3 aromatic rings. The lowest BCUT2D eigenvalue weighted by atomic mass is 9.99. The minimum atomic E-state index is -3.58. The van der Waals surface area contributed by atoms with Crippen molar-refractivity contribution >= 4 is 32.5 Å². The van der Waals surface area contributed by atoms with E-state index < -0.39 is 20.7 Å². The maximum atomic E-state index is 15.0. The first-order valence-corrected chi connectivity index (χ1v) is 13.6. The monoisotopic (exact) mass is 499 g/mol. The molecule has 188 valence electrons. The molecule has 35 heavy (non-hydrogen) atoms. The molecule has 0 unspecified atom stereocenters. The van der Waals surface area contributed by atoms with Gasteiger partial charge >= 0.3 is 0 Å². The zero-order chi connectivity index (χ0) is 25.7. The average Bonchev–Trinajstić information content (AvgIpc) is 3.38. The van der Waals surface area contributed by atoms with Gasteiger partial charge in [-0.2, -0.15) is 0 Å². The maximum Gasteiger partial charge on any atom is 0.251 e. The van der Waals surface area contributed by atoms with Crippen molar-refractivity contribution in [1.29, 1.82) is 0 Å². The summed E-state index contributed by atoms with van der Waals surface area (Å²) in [7, 11) is -3.58. The second kappa shape index (κ2) is 8.97. The van der Waals surface area contributed by atoms with Gasteiger partial charge in [-0.25, -0.2) is 12.8 Å². The summed E-state index contributed by atoms with van der Waals surface area (Å²) in [4.78, 5) is 12.7. The van der Waals surface area contributed by atoms with Gasteiger partial charge in [0.25, 0.3) is 5.91 Å². The third kappa shape index (κ3) is 4.56. The van der Waals surface area contributed by atoms with Crippen LogP contribution in [0.5, 0.6) is 0 Å². The van der Waals surface area contributed by atoms with Crippen molar-refractivity contribution in [3.05, 3.63) is 53.3 Å². The number of anilines is 1. The molecule has 4 rings (SSSR count). The molecular weight excluding hydrogens is 465 g/mol. The summed E-state index contributed by atoms with van der Waals surface area (Å²) in [6, 6.07) is 10.4. The molecule has 0 aliphatic heterocycles. The fourth-order valence-corrected chi connectivity index (χ4v) is 5.62. The molecule has 6 nitrogen and oxygen atoms in total. The standard InChI is InChI=1S/C27H34FN3O3S/c1-16(2)20-15-23-21(14-22(20)28)24(26(29)32)25(31(23)19-8-6-7-9-19)17-10-12-18(13-11-17)30-35(33,34)27(3,4)5/h10-16,19,30H,6-9H2,1-5H3,(H2,29,32). The molecular formula is C27H34FN3O3S. The van der Waals surface area contributed by atoms with E-state index in [4.69, 9.17) is 5.73 Å². The molecule has 1 saturated carbocycles. The van der Waals surface area contributed by atoms with E-state index in [2.05, 4.69) is 9.29 Å². The van der Waals surface area contributed by atoms with Crippen LogP contribution in [0.1, 0.15) is 88.2 Å². The van der Waals surface area contributed by atoms with Gasteiger partial charge < -0.3 is 10.3 Å². The van der Waals surface area contributed by atoms with Gasteiger partial charge in [0, 0.05) is 17.1 Å². The number of primary amides is 1. The highest BCUT2D eigenvalue weighted by Crippen LogP contribution is 2.43. The molecule has 0 atom stereocenters. The number of sulfonamides is 1. The van der Waals surface area contributed by atoms with E-state index in [1.165, 1.54) is 6.07 Å². The number of nitrogens with two attached hydrogens (primary N) is 1. The van der Waals surface area contributed by atoms with Crippen molar-refractivity contribution in [2.75, 3.05) is 4.72 Å². The number of nitrogens with one attached hydrogen (secondary N) is 1. The number of carbonyl (C=O) groups is 1. The normalized spacial score (nSPS) is 15.3. The first-order chi connectivity index (χ1) is 16.3. The van der Waals surface area contributed by atoms with Gasteiger partial charge in [-0.05, 0) is 74.9 Å². The largest absolute Gasteiger partial charge is 0.366 e. The number of benzene rings is 2. The van der Waals surface area contributed by atoms with Gasteiger partial charge in [0.1, 0.15) is 5.82 Å². The highest BCUT2D eigenvalue weighted by molar-refractivity contribution is 7.94. The van der Waals surface area contributed by atoms with Crippen LogP contribution in [0.15, 0.2) is 36.4 Å². The van der Waals surface area contributed by atoms with E-state index in [-0.39, 0.29) is 17.8 Å². The van der Waals surface area contributed by atoms with Gasteiger partial charge in [-0.3, -0.25) is 9.52 Å². The molecule has 0 saturated heterocycles. The Morgan fingerprint density at radius 2 is 1.71 bits per heavy atom. The molecule has 3 N–H and O–H groups in total. The Labute approximate surface area is 206 Å². The zero-order valence-electron chi connectivity index (χ0n) is 21.0. The number of amides is 1. The van der Waals surface area contributed by atoms with E-state index >= 15 is 4.39 Å². The summed E-state index contributed by atoms with van der Waals surface area (Å²) in [5.41, 5.74) is 9.40. The Kier molecular flexibility index (Phi) is 6.47. The van der Waals surface area contributed by atoms with Crippen LogP contribution in [0.2, 0.25) is 0 Å². The van der Waals surface area contributed by atoms with Crippen LogP contribution in [0.4, 0.5) is 10.1 Å². The van der Waals surface area contributed by atoms with Crippen LogP contribution in [0.25, 0.3) is 22.2 Å². The Morgan fingerprint density at radius 3 is 2.23 bits per heavy atom. The van der Waals surface area contributed by atoms with Crippen LogP contribution in [-0.4, -0.2) is 23.6 Å². The van der Waals surface area contributed by atoms with Gasteiger partial charge in [0.05, 0.1) is 21.5 Å². The molecule has 1 aromatic heterocycles. The lowest BCUT2D eigenvalue weighted by Gasteiger charge is -2.21. The summed E-state index contributed by atoms with van der Waals surface area (Å²) in [5.74, 6) is -0.977. The Balaban J connectivity index is 1.93. The molecule has 1 heterocycles. The Bertz CT molecular complexity index is 1380. The predicted octanol–water partition coefficient (Wildman–Crippen LogP) is 6.33. The van der Waals surface area contributed by atoms with E-state index in [0.29, 0.717) is 27.9 Å². The summed E-state index contributed by atoms with van der Waals surface area (Å²) in [5, 5.41) is 0.513. The van der Waals surface area contributed by atoms with Crippen LogP contribution in [-0.2, 0) is 10.0 Å². The average molecular weight is 500 g/mol. The van der Waals surface area contributed by atoms with Gasteiger partial charge in [-0.1, -0.05) is 38.8 Å². The van der Waals surface area contributed by atoms with Gasteiger partial charge in [0.15, 0.2) is 0 Å². The van der Waals surface area contributed by atoms with Gasteiger partial charge in [-0.15, -0.1) is 0 Å². The maximum absolute atomic E-state index is 15.0. The summed E-state index contributed by atoms with van der Waals surface area (Å²) in [6.07, 6.45) is 4.10. The highest BCUT2D eigenvalue weighted by atomic mass is 32.2. The third-order valence-corrected chi connectivity index (χ3v) is 9.01. The van der Waals surface area contributed by atoms with E-state index in [9.17, 15) is 13.2 Å². The van der Waals surface area contributed by atoms with Crippen molar-refractivity contribution < 1.29 is 17.6 Å². The molecule has 1 amide bonds. The third-order valence-electron chi connectivity index (χ3n) is 6.90. The van der Waals surface area contributed by atoms with Gasteiger partial charge in [0.2, 0.25) is 10.0 Å². The topological polar surface area (TPSA) is 94.2 Å². The van der Waals surface area contributed by atoms with Crippen molar-refractivity contribution in [3.8, 4) is 11.3 Å². The number of hydrogen-bond acceptors (Lipinski definition) is 3.